The number of rotatable bonds is 3. The van der Waals surface area contributed by atoms with E-state index in [9.17, 15) is 14.9 Å². The van der Waals surface area contributed by atoms with E-state index in [1.165, 1.54) is 0 Å². The summed E-state index contributed by atoms with van der Waals surface area (Å²) in [5, 5.41) is 9.58. The Bertz CT molecular complexity index is 1040. The number of aryl methyl sites for hydroxylation is 1. The third-order valence-corrected chi connectivity index (χ3v) is 6.30. The number of allylic oxidation sites excluding steroid dienone is 1. The minimum Gasteiger partial charge on any atom is -0.337 e. The fraction of sp³-hybridized carbons (Fsp3) is 0.333. The second kappa shape index (κ2) is 7.29. The number of aromatic nitrogens is 1. The Morgan fingerprint density at radius 2 is 2.00 bits per heavy atom. The third kappa shape index (κ3) is 3.05. The molecule has 1 aromatic heterocycles. The van der Waals surface area contributed by atoms with Gasteiger partial charge in [0.2, 0.25) is 5.91 Å². The van der Waals surface area contributed by atoms with Gasteiger partial charge in [0.25, 0.3) is 0 Å². The summed E-state index contributed by atoms with van der Waals surface area (Å²) >= 11 is 0. The average molecular weight is 385 g/mol. The lowest BCUT2D eigenvalue weighted by atomic mass is 9.57. The Morgan fingerprint density at radius 3 is 2.69 bits per heavy atom. The lowest BCUT2D eigenvalue weighted by molar-refractivity contribution is -0.145. The van der Waals surface area contributed by atoms with E-state index in [0.717, 1.165) is 16.8 Å². The summed E-state index contributed by atoms with van der Waals surface area (Å²) in [6.07, 6.45) is 4.11. The van der Waals surface area contributed by atoms with Crippen LogP contribution in [0.1, 0.15) is 30.2 Å². The standard InChI is InChI=1S/C24H23N3O2/c1-16-12-18(8-10-26-16)15-27-11-9-21-17(2)22(28)19(14-25)13-24(21,23(27)29)20-6-4-3-5-7-20/h3-8,10,12-13,17,21H,9,11,15H2,1-2H3/t17-,21-,24+/m0/s1. The molecule has 29 heavy (non-hydrogen) atoms. The summed E-state index contributed by atoms with van der Waals surface area (Å²) in [4.78, 5) is 32.7. The number of nitrogens with zero attached hydrogens (tertiary/aromatic N) is 3. The molecule has 2 heterocycles. The Morgan fingerprint density at radius 1 is 1.24 bits per heavy atom. The van der Waals surface area contributed by atoms with Crippen molar-refractivity contribution in [2.45, 2.75) is 32.2 Å². The van der Waals surface area contributed by atoms with E-state index in [-0.39, 0.29) is 29.1 Å². The smallest absolute Gasteiger partial charge is 0.237 e. The van der Waals surface area contributed by atoms with Crippen molar-refractivity contribution in [1.29, 1.82) is 5.26 Å². The molecule has 1 aliphatic heterocycles. The second-order valence-electron chi connectivity index (χ2n) is 7.99. The van der Waals surface area contributed by atoms with Crippen molar-refractivity contribution in [3.63, 3.8) is 0 Å². The van der Waals surface area contributed by atoms with E-state index in [2.05, 4.69) is 4.98 Å². The number of nitriles is 1. The molecule has 0 N–H and O–H groups in total. The van der Waals surface area contributed by atoms with Crippen LogP contribution in [0.4, 0.5) is 0 Å². The van der Waals surface area contributed by atoms with Gasteiger partial charge in [0.05, 0.1) is 11.0 Å². The van der Waals surface area contributed by atoms with Gasteiger partial charge in [-0.05, 0) is 48.6 Å². The highest BCUT2D eigenvalue weighted by molar-refractivity contribution is 6.06. The van der Waals surface area contributed by atoms with Gasteiger partial charge in [0.15, 0.2) is 5.78 Å². The number of fused-ring (bicyclic) bond motifs is 1. The molecule has 1 fully saturated rings. The first-order valence-electron chi connectivity index (χ1n) is 9.91. The molecule has 1 aliphatic carbocycles. The van der Waals surface area contributed by atoms with Crippen LogP contribution in [0.3, 0.4) is 0 Å². The minimum absolute atomic E-state index is 0.0403. The fourth-order valence-electron chi connectivity index (χ4n) is 4.88. The number of amides is 1. The molecule has 0 radical (unpaired) electrons. The molecule has 1 amide bonds. The second-order valence-corrected chi connectivity index (χ2v) is 7.99. The molecule has 5 heteroatoms. The van der Waals surface area contributed by atoms with Crippen LogP contribution in [-0.4, -0.2) is 28.1 Å². The lowest BCUT2D eigenvalue weighted by Crippen LogP contribution is -2.59. The zero-order valence-corrected chi connectivity index (χ0v) is 16.6. The summed E-state index contributed by atoms with van der Waals surface area (Å²) in [5.41, 5.74) is 1.88. The molecule has 0 spiro atoms. The van der Waals surface area contributed by atoms with Crippen molar-refractivity contribution in [1.82, 2.24) is 9.88 Å². The van der Waals surface area contributed by atoms with Crippen LogP contribution < -0.4 is 0 Å². The van der Waals surface area contributed by atoms with Gasteiger partial charge in [-0.15, -0.1) is 0 Å². The predicted octanol–water partition coefficient (Wildman–Crippen LogP) is 3.35. The molecule has 3 atom stereocenters. The van der Waals surface area contributed by atoms with Gasteiger partial charge in [-0.2, -0.15) is 5.26 Å². The molecule has 2 aromatic rings. The van der Waals surface area contributed by atoms with Crippen LogP contribution in [0.5, 0.6) is 0 Å². The van der Waals surface area contributed by atoms with Crippen LogP contribution >= 0.6 is 0 Å². The number of pyridine rings is 1. The van der Waals surface area contributed by atoms with Crippen molar-refractivity contribution < 1.29 is 9.59 Å². The summed E-state index contributed by atoms with van der Waals surface area (Å²) in [5.74, 6) is -0.724. The SMILES string of the molecule is Cc1cc(CN2CC[C@H]3[C@H](C)C(=O)C(C#N)=C[C@]3(c3ccccc3)C2=O)ccn1. The number of carbonyl (C=O) groups excluding carboxylic acids is 2. The average Bonchev–Trinajstić information content (AvgIpc) is 2.73. The fourth-order valence-corrected chi connectivity index (χ4v) is 4.88. The maximum absolute atomic E-state index is 13.9. The van der Waals surface area contributed by atoms with Crippen molar-refractivity contribution in [3.05, 3.63) is 77.1 Å². The molecular formula is C24H23N3O2. The molecule has 4 rings (SSSR count). The van der Waals surface area contributed by atoms with Crippen molar-refractivity contribution >= 4 is 11.7 Å². The molecule has 2 aliphatic rings. The van der Waals surface area contributed by atoms with Crippen LogP contribution in [0.2, 0.25) is 0 Å². The van der Waals surface area contributed by atoms with Gasteiger partial charge in [-0.1, -0.05) is 37.3 Å². The zero-order valence-electron chi connectivity index (χ0n) is 16.6. The molecular weight excluding hydrogens is 362 g/mol. The maximum atomic E-state index is 13.9. The first kappa shape index (κ1) is 19.1. The number of carbonyl (C=O) groups is 2. The molecule has 1 aromatic carbocycles. The topological polar surface area (TPSA) is 74.1 Å². The summed E-state index contributed by atoms with van der Waals surface area (Å²) in [6.45, 7) is 4.86. The van der Waals surface area contributed by atoms with Crippen molar-refractivity contribution in [2.24, 2.45) is 11.8 Å². The quantitative estimate of drug-likeness (QED) is 0.812. The number of Topliss-reactive ketones (excluding diaryl/α,β-unsaturated/α-hetero) is 1. The molecule has 5 nitrogen and oxygen atoms in total. The van der Waals surface area contributed by atoms with Gasteiger partial charge < -0.3 is 4.90 Å². The predicted molar refractivity (Wildman–Crippen MR) is 108 cm³/mol. The third-order valence-electron chi connectivity index (χ3n) is 6.30. The Balaban J connectivity index is 1.83. The van der Waals surface area contributed by atoms with Crippen molar-refractivity contribution in [2.75, 3.05) is 6.54 Å². The normalized spacial score (nSPS) is 26.5. The van der Waals surface area contributed by atoms with E-state index in [0.29, 0.717) is 19.5 Å². The summed E-state index contributed by atoms with van der Waals surface area (Å²) in [6, 6.07) is 15.5. The van der Waals surface area contributed by atoms with Crippen molar-refractivity contribution in [3.8, 4) is 6.07 Å². The number of ketones is 1. The van der Waals surface area contributed by atoms with E-state index in [1.807, 2.05) is 67.3 Å². The van der Waals surface area contributed by atoms with Gasteiger partial charge in [0.1, 0.15) is 6.07 Å². The monoisotopic (exact) mass is 385 g/mol. The van der Waals surface area contributed by atoms with Gasteiger partial charge in [-0.3, -0.25) is 14.6 Å². The van der Waals surface area contributed by atoms with Crippen LogP contribution in [-0.2, 0) is 21.5 Å². The zero-order chi connectivity index (χ0) is 20.6. The number of likely N-dealkylation sites (tertiary alicyclic amines) is 1. The van der Waals surface area contributed by atoms with Crippen LogP contribution in [0.25, 0.3) is 0 Å². The number of hydrogen-bond donors (Lipinski definition) is 0. The molecule has 0 saturated carbocycles. The number of hydrogen-bond acceptors (Lipinski definition) is 4. The van der Waals surface area contributed by atoms with E-state index < -0.39 is 5.41 Å². The maximum Gasteiger partial charge on any atom is 0.237 e. The van der Waals surface area contributed by atoms with Crippen LogP contribution in [0, 0.1) is 30.1 Å². The van der Waals surface area contributed by atoms with Gasteiger partial charge >= 0.3 is 0 Å². The van der Waals surface area contributed by atoms with E-state index >= 15 is 0 Å². The highest BCUT2D eigenvalue weighted by atomic mass is 16.2. The lowest BCUT2D eigenvalue weighted by Gasteiger charge is -2.50. The largest absolute Gasteiger partial charge is 0.337 e. The molecule has 0 bridgehead atoms. The van der Waals surface area contributed by atoms with Crippen LogP contribution in [0.15, 0.2) is 60.3 Å². The first-order valence-corrected chi connectivity index (χ1v) is 9.91. The minimum atomic E-state index is -0.986. The molecule has 0 unspecified atom stereocenters. The summed E-state index contributed by atoms with van der Waals surface area (Å²) in [7, 11) is 0. The highest BCUT2D eigenvalue weighted by Crippen LogP contribution is 2.49. The Hall–Kier alpha value is -3.26. The highest BCUT2D eigenvalue weighted by Gasteiger charge is 2.56. The number of benzene rings is 1. The van der Waals surface area contributed by atoms with E-state index in [1.54, 1.807) is 12.3 Å². The Kier molecular flexibility index (Phi) is 4.79. The van der Waals surface area contributed by atoms with Gasteiger partial charge in [0, 0.05) is 30.9 Å². The van der Waals surface area contributed by atoms with E-state index in [4.69, 9.17) is 0 Å². The van der Waals surface area contributed by atoms with Gasteiger partial charge in [-0.25, -0.2) is 0 Å². The summed E-state index contributed by atoms with van der Waals surface area (Å²) < 4.78 is 0. The first-order chi connectivity index (χ1) is 14.0. The molecule has 146 valence electrons. The Labute approximate surface area is 170 Å². The number of piperidine rings is 1. The molecule has 1 saturated heterocycles.